The summed E-state index contributed by atoms with van der Waals surface area (Å²) in [6.45, 7) is 9.50. The van der Waals surface area contributed by atoms with Gasteiger partial charge in [0.2, 0.25) is 0 Å². The van der Waals surface area contributed by atoms with Gasteiger partial charge >= 0.3 is 0 Å². The Labute approximate surface area is 114 Å². The van der Waals surface area contributed by atoms with Crippen LogP contribution in [0, 0.1) is 11.8 Å². The molecule has 0 heterocycles. The van der Waals surface area contributed by atoms with E-state index in [0.29, 0.717) is 0 Å². The van der Waals surface area contributed by atoms with Crippen molar-refractivity contribution in [3.8, 4) is 0 Å². The Morgan fingerprint density at radius 2 is 1.94 bits per heavy atom. The Bertz CT molecular complexity index is 204. The summed E-state index contributed by atoms with van der Waals surface area (Å²) in [5, 5.41) is 3.70. The summed E-state index contributed by atoms with van der Waals surface area (Å²) < 4.78 is 0. The molecule has 0 aromatic rings. The minimum Gasteiger partial charge on any atom is -0.314 e. The second kappa shape index (κ2) is 9.61. The molecule has 1 fully saturated rings. The molecule has 1 unspecified atom stereocenters. The van der Waals surface area contributed by atoms with E-state index in [4.69, 9.17) is 0 Å². The summed E-state index contributed by atoms with van der Waals surface area (Å²) in [5.74, 6) is 1.95. The number of hydrogen-bond acceptors (Lipinski definition) is 1. The first-order valence-electron chi connectivity index (χ1n) is 8.16. The molecule has 1 heteroatoms. The average molecular weight is 251 g/mol. The van der Waals surface area contributed by atoms with Crippen molar-refractivity contribution in [1.29, 1.82) is 0 Å². The van der Waals surface area contributed by atoms with Gasteiger partial charge < -0.3 is 5.32 Å². The van der Waals surface area contributed by atoms with E-state index in [0.717, 1.165) is 30.8 Å². The van der Waals surface area contributed by atoms with Crippen molar-refractivity contribution in [3.63, 3.8) is 0 Å². The highest BCUT2D eigenvalue weighted by molar-refractivity contribution is 4.83. The van der Waals surface area contributed by atoms with Crippen molar-refractivity contribution in [2.24, 2.45) is 11.8 Å². The van der Waals surface area contributed by atoms with Crippen LogP contribution in [-0.4, -0.2) is 12.6 Å². The van der Waals surface area contributed by atoms with Crippen molar-refractivity contribution in [2.75, 3.05) is 6.54 Å². The molecule has 1 rings (SSSR count). The topological polar surface area (TPSA) is 12.0 Å². The molecule has 0 amide bonds. The van der Waals surface area contributed by atoms with E-state index in [1.54, 1.807) is 0 Å². The summed E-state index contributed by atoms with van der Waals surface area (Å²) in [5.41, 5.74) is 0. The molecule has 18 heavy (non-hydrogen) atoms. The Balaban J connectivity index is 2.30. The van der Waals surface area contributed by atoms with E-state index in [-0.39, 0.29) is 0 Å². The summed E-state index contributed by atoms with van der Waals surface area (Å²) in [6.07, 6.45) is 14.6. The molecule has 0 radical (unpaired) electrons. The largest absolute Gasteiger partial charge is 0.314 e. The molecule has 0 aromatic heterocycles. The molecule has 0 bridgehead atoms. The zero-order valence-electron chi connectivity index (χ0n) is 12.6. The lowest BCUT2D eigenvalue weighted by molar-refractivity contribution is 0.207. The number of unbranched alkanes of at least 4 members (excludes halogenated alkanes) is 1. The van der Waals surface area contributed by atoms with Gasteiger partial charge in [-0.2, -0.15) is 0 Å². The lowest BCUT2D eigenvalue weighted by Crippen LogP contribution is -2.38. The fourth-order valence-electron chi connectivity index (χ4n) is 3.44. The van der Waals surface area contributed by atoms with Crippen LogP contribution in [0.5, 0.6) is 0 Å². The molecular formula is C17H33N. The highest BCUT2D eigenvalue weighted by Crippen LogP contribution is 2.34. The van der Waals surface area contributed by atoms with Gasteiger partial charge in [-0.25, -0.2) is 0 Å². The van der Waals surface area contributed by atoms with Crippen LogP contribution in [0.1, 0.15) is 71.6 Å². The maximum Gasteiger partial charge on any atom is 0.00981 e. The number of allylic oxidation sites excluding steroid dienone is 1. The normalized spacial score (nSPS) is 25.9. The fraction of sp³-hybridized carbons (Fsp3) is 0.882. The molecule has 0 saturated heterocycles. The fourth-order valence-corrected chi connectivity index (χ4v) is 3.44. The summed E-state index contributed by atoms with van der Waals surface area (Å²) in [7, 11) is 0. The number of rotatable bonds is 9. The third kappa shape index (κ3) is 5.56. The number of hydrogen-bond donors (Lipinski definition) is 1. The molecular weight excluding hydrogens is 218 g/mol. The van der Waals surface area contributed by atoms with Crippen molar-refractivity contribution in [3.05, 3.63) is 12.7 Å². The first-order valence-corrected chi connectivity index (χ1v) is 8.16. The third-order valence-electron chi connectivity index (χ3n) is 4.57. The molecule has 1 saturated carbocycles. The van der Waals surface area contributed by atoms with Crippen LogP contribution in [0.25, 0.3) is 0 Å². The van der Waals surface area contributed by atoms with Crippen LogP contribution in [0.15, 0.2) is 12.7 Å². The first kappa shape index (κ1) is 15.8. The zero-order valence-corrected chi connectivity index (χ0v) is 12.6. The van der Waals surface area contributed by atoms with E-state index < -0.39 is 0 Å². The molecule has 0 aliphatic heterocycles. The van der Waals surface area contributed by atoms with Gasteiger partial charge in [0.25, 0.3) is 0 Å². The van der Waals surface area contributed by atoms with E-state index in [1.807, 2.05) is 0 Å². The third-order valence-corrected chi connectivity index (χ3v) is 4.57. The van der Waals surface area contributed by atoms with E-state index in [1.165, 1.54) is 51.4 Å². The van der Waals surface area contributed by atoms with Crippen LogP contribution in [0.2, 0.25) is 0 Å². The van der Waals surface area contributed by atoms with Gasteiger partial charge in [-0.3, -0.25) is 0 Å². The second-order valence-corrected chi connectivity index (χ2v) is 5.95. The predicted molar refractivity (Wildman–Crippen MR) is 81.9 cm³/mol. The lowest BCUT2D eigenvalue weighted by atomic mass is 9.76. The van der Waals surface area contributed by atoms with Crippen molar-refractivity contribution in [2.45, 2.75) is 77.7 Å². The second-order valence-electron chi connectivity index (χ2n) is 5.95. The quantitative estimate of drug-likeness (QED) is 0.573. The summed E-state index contributed by atoms with van der Waals surface area (Å²) >= 11 is 0. The van der Waals surface area contributed by atoms with Crippen LogP contribution >= 0.6 is 0 Å². The number of nitrogens with one attached hydrogen (secondary N) is 1. The van der Waals surface area contributed by atoms with Crippen LogP contribution in [0.4, 0.5) is 0 Å². The van der Waals surface area contributed by atoms with E-state index in [9.17, 15) is 0 Å². The van der Waals surface area contributed by atoms with Gasteiger partial charge in [0.1, 0.15) is 0 Å². The molecule has 0 spiro atoms. The average Bonchev–Trinajstić information content (AvgIpc) is 2.42. The van der Waals surface area contributed by atoms with Gasteiger partial charge in [-0.05, 0) is 44.1 Å². The molecule has 1 aliphatic rings. The lowest BCUT2D eigenvalue weighted by Gasteiger charge is -2.34. The Kier molecular flexibility index (Phi) is 8.41. The van der Waals surface area contributed by atoms with Crippen molar-refractivity contribution < 1.29 is 0 Å². The van der Waals surface area contributed by atoms with Gasteiger partial charge in [-0.1, -0.05) is 52.0 Å². The van der Waals surface area contributed by atoms with E-state index >= 15 is 0 Å². The maximum absolute atomic E-state index is 3.86. The Morgan fingerprint density at radius 3 is 2.50 bits per heavy atom. The molecule has 0 aromatic carbocycles. The minimum atomic E-state index is 0.736. The smallest absolute Gasteiger partial charge is 0.00981 e. The Morgan fingerprint density at radius 1 is 1.22 bits per heavy atom. The van der Waals surface area contributed by atoms with Crippen molar-refractivity contribution in [1.82, 2.24) is 5.32 Å². The highest BCUT2D eigenvalue weighted by atomic mass is 14.9. The molecule has 1 N–H and O–H groups in total. The van der Waals surface area contributed by atoms with Crippen LogP contribution < -0.4 is 5.32 Å². The summed E-state index contributed by atoms with van der Waals surface area (Å²) in [4.78, 5) is 0. The van der Waals surface area contributed by atoms with Crippen molar-refractivity contribution >= 4 is 0 Å². The van der Waals surface area contributed by atoms with Gasteiger partial charge in [0.05, 0.1) is 0 Å². The minimum absolute atomic E-state index is 0.736. The van der Waals surface area contributed by atoms with Gasteiger partial charge in [0.15, 0.2) is 0 Å². The monoisotopic (exact) mass is 251 g/mol. The van der Waals surface area contributed by atoms with Crippen LogP contribution in [-0.2, 0) is 0 Å². The molecule has 106 valence electrons. The standard InChI is InChI=1S/C17H33N/c1-4-7-9-15-11-13-16(14-12-15)17(18-6-3)10-8-5-2/h5,15-18H,2,4,6-14H2,1,3H3. The first-order chi connectivity index (χ1) is 8.81. The highest BCUT2D eigenvalue weighted by Gasteiger charge is 2.26. The van der Waals surface area contributed by atoms with E-state index in [2.05, 4.69) is 31.8 Å². The Hall–Kier alpha value is -0.300. The van der Waals surface area contributed by atoms with Gasteiger partial charge in [0, 0.05) is 6.04 Å². The van der Waals surface area contributed by atoms with Crippen LogP contribution in [0.3, 0.4) is 0 Å². The molecule has 1 atom stereocenters. The maximum atomic E-state index is 3.86. The molecule has 1 aliphatic carbocycles. The zero-order chi connectivity index (χ0) is 13.2. The SMILES string of the molecule is C=CCCC(NCC)C1CCC(CCCC)CC1. The van der Waals surface area contributed by atoms with Gasteiger partial charge in [-0.15, -0.1) is 6.58 Å². The summed E-state index contributed by atoms with van der Waals surface area (Å²) in [6, 6.07) is 0.736. The molecule has 1 nitrogen and oxygen atoms in total. The predicted octanol–water partition coefficient (Wildman–Crippen LogP) is 4.93.